The Hall–Kier alpha value is -1.69. The summed E-state index contributed by atoms with van der Waals surface area (Å²) in [7, 11) is 0. The molecule has 0 unspecified atom stereocenters. The molecule has 0 heterocycles. The summed E-state index contributed by atoms with van der Waals surface area (Å²) in [5, 5.41) is 20.2. The Balaban J connectivity index is 2.39. The second kappa shape index (κ2) is 5.97. The number of halogens is 1. The van der Waals surface area contributed by atoms with Crippen LogP contribution in [0.15, 0.2) is 18.2 Å². The van der Waals surface area contributed by atoms with Crippen molar-refractivity contribution < 1.29 is 14.4 Å². The first kappa shape index (κ1) is 13.7. The molecule has 0 aliphatic heterocycles. The van der Waals surface area contributed by atoms with Crippen LogP contribution in [0.2, 0.25) is 0 Å². The Morgan fingerprint density at radius 2 is 2.11 bits per heavy atom. The molecule has 0 amide bonds. The van der Waals surface area contributed by atoms with E-state index < -0.39 is 10.7 Å². The molecule has 0 aromatic heterocycles. The van der Waals surface area contributed by atoms with Gasteiger partial charge in [0.1, 0.15) is 11.5 Å². The zero-order valence-electron chi connectivity index (χ0n) is 10.6. The van der Waals surface area contributed by atoms with Gasteiger partial charge in [-0.05, 0) is 18.9 Å². The summed E-state index contributed by atoms with van der Waals surface area (Å²) in [6, 6.07) is 3.61. The quantitative estimate of drug-likeness (QED) is 0.658. The smallest absolute Gasteiger partial charge is 0.292 e. The van der Waals surface area contributed by atoms with Crippen molar-refractivity contribution in [2.45, 2.75) is 31.7 Å². The summed E-state index contributed by atoms with van der Waals surface area (Å²) in [4.78, 5) is 12.3. The minimum atomic E-state index is -0.506. The van der Waals surface area contributed by atoms with Crippen LogP contribution in [0.5, 0.6) is 0 Å². The van der Waals surface area contributed by atoms with Gasteiger partial charge in [-0.2, -0.15) is 0 Å². The number of nitro benzene ring substituents is 1. The molecule has 6 heteroatoms. The van der Waals surface area contributed by atoms with Gasteiger partial charge in [-0.15, -0.1) is 0 Å². The molecule has 1 aromatic carbocycles. The summed E-state index contributed by atoms with van der Waals surface area (Å²) in [6.07, 6.45) is 3.98. The molecule has 1 aromatic rings. The average molecular weight is 268 g/mol. The topological polar surface area (TPSA) is 66.6 Å². The lowest BCUT2D eigenvalue weighted by molar-refractivity contribution is -0.384. The van der Waals surface area contributed by atoms with Gasteiger partial charge in [0.15, 0.2) is 0 Å². The van der Waals surface area contributed by atoms with Crippen molar-refractivity contribution in [3.8, 4) is 0 Å². The van der Waals surface area contributed by atoms with Crippen LogP contribution in [0.3, 0.4) is 0 Å². The van der Waals surface area contributed by atoms with Crippen LogP contribution < -0.4 is 4.90 Å². The summed E-state index contributed by atoms with van der Waals surface area (Å²) in [5.41, 5.74) is 0.160. The highest BCUT2D eigenvalue weighted by atomic mass is 19.1. The first-order chi connectivity index (χ1) is 9.13. The molecule has 1 N–H and O–H groups in total. The maximum atomic E-state index is 13.4. The molecule has 0 saturated heterocycles. The Bertz CT molecular complexity index is 461. The van der Waals surface area contributed by atoms with Gasteiger partial charge in [0.2, 0.25) is 0 Å². The molecule has 1 aliphatic rings. The fourth-order valence-corrected chi connectivity index (χ4v) is 2.70. The Labute approximate surface area is 110 Å². The van der Waals surface area contributed by atoms with Gasteiger partial charge in [0.05, 0.1) is 11.5 Å². The number of rotatable bonds is 5. The lowest BCUT2D eigenvalue weighted by atomic mass is 10.1. The predicted molar refractivity (Wildman–Crippen MR) is 69.7 cm³/mol. The van der Waals surface area contributed by atoms with Crippen LogP contribution in [0, 0.1) is 15.9 Å². The summed E-state index contributed by atoms with van der Waals surface area (Å²) >= 11 is 0. The number of nitro groups is 1. The molecule has 0 bridgehead atoms. The van der Waals surface area contributed by atoms with Gasteiger partial charge in [-0.3, -0.25) is 10.1 Å². The zero-order valence-corrected chi connectivity index (χ0v) is 10.6. The first-order valence-electron chi connectivity index (χ1n) is 6.45. The van der Waals surface area contributed by atoms with Gasteiger partial charge in [-0.25, -0.2) is 4.39 Å². The van der Waals surface area contributed by atoms with E-state index in [1.807, 2.05) is 0 Å². The van der Waals surface area contributed by atoms with E-state index in [9.17, 15) is 14.5 Å². The zero-order chi connectivity index (χ0) is 13.8. The monoisotopic (exact) mass is 268 g/mol. The molecule has 1 fully saturated rings. The lowest BCUT2D eigenvalue weighted by Gasteiger charge is -2.30. The van der Waals surface area contributed by atoms with Crippen LogP contribution in [0.4, 0.5) is 15.8 Å². The van der Waals surface area contributed by atoms with E-state index in [0.29, 0.717) is 0 Å². The van der Waals surface area contributed by atoms with E-state index in [1.54, 1.807) is 4.90 Å². The molecule has 0 radical (unpaired) electrons. The Morgan fingerprint density at radius 3 is 2.68 bits per heavy atom. The highest BCUT2D eigenvalue weighted by Gasteiger charge is 2.28. The standard InChI is InChI=1S/C13H17FN2O3/c14-10-5-6-12(16(18)19)13(9-10)15(7-8-17)11-3-1-2-4-11/h5-6,9,11,17H,1-4,7-8H2. The predicted octanol–water partition coefficient (Wildman–Crippen LogP) is 2.48. The van der Waals surface area contributed by atoms with E-state index in [1.165, 1.54) is 12.1 Å². The maximum absolute atomic E-state index is 13.4. The molecule has 19 heavy (non-hydrogen) atoms. The number of aliphatic hydroxyl groups is 1. The average Bonchev–Trinajstić information content (AvgIpc) is 2.89. The second-order valence-corrected chi connectivity index (χ2v) is 4.75. The minimum absolute atomic E-state index is 0.107. The Kier molecular flexibility index (Phi) is 4.31. The summed E-state index contributed by atoms with van der Waals surface area (Å²) in [6.45, 7) is 0.180. The normalized spacial score (nSPS) is 15.7. The third-order valence-corrected chi connectivity index (χ3v) is 3.55. The van der Waals surface area contributed by atoms with Crippen molar-refractivity contribution >= 4 is 11.4 Å². The van der Waals surface area contributed by atoms with Crippen molar-refractivity contribution in [1.82, 2.24) is 0 Å². The molecule has 1 saturated carbocycles. The first-order valence-corrected chi connectivity index (χ1v) is 6.45. The third kappa shape index (κ3) is 3.01. The summed E-state index contributed by atoms with van der Waals surface area (Å²) in [5.74, 6) is -0.499. The summed E-state index contributed by atoms with van der Waals surface area (Å²) < 4.78 is 13.4. The van der Waals surface area contributed by atoms with Crippen molar-refractivity contribution in [2.24, 2.45) is 0 Å². The molecular weight excluding hydrogens is 251 g/mol. The van der Waals surface area contributed by atoms with Crippen molar-refractivity contribution in [2.75, 3.05) is 18.1 Å². The van der Waals surface area contributed by atoms with Gasteiger partial charge in [0.25, 0.3) is 5.69 Å². The number of anilines is 1. The minimum Gasteiger partial charge on any atom is -0.395 e. The van der Waals surface area contributed by atoms with E-state index in [2.05, 4.69) is 0 Å². The number of benzene rings is 1. The van der Waals surface area contributed by atoms with Crippen LogP contribution >= 0.6 is 0 Å². The number of aliphatic hydroxyl groups excluding tert-OH is 1. The van der Waals surface area contributed by atoms with Crippen LogP contribution in [0.1, 0.15) is 25.7 Å². The molecule has 0 spiro atoms. The fourth-order valence-electron chi connectivity index (χ4n) is 2.70. The third-order valence-electron chi connectivity index (χ3n) is 3.55. The molecule has 5 nitrogen and oxygen atoms in total. The molecular formula is C13H17FN2O3. The highest BCUT2D eigenvalue weighted by molar-refractivity contribution is 5.64. The largest absolute Gasteiger partial charge is 0.395 e. The Morgan fingerprint density at radius 1 is 1.42 bits per heavy atom. The van der Waals surface area contributed by atoms with Crippen molar-refractivity contribution in [3.63, 3.8) is 0 Å². The van der Waals surface area contributed by atoms with Gasteiger partial charge >= 0.3 is 0 Å². The van der Waals surface area contributed by atoms with E-state index >= 15 is 0 Å². The number of hydrogen-bond acceptors (Lipinski definition) is 4. The van der Waals surface area contributed by atoms with Gasteiger partial charge in [0, 0.05) is 24.7 Å². The molecule has 104 valence electrons. The molecule has 0 atom stereocenters. The van der Waals surface area contributed by atoms with Crippen LogP contribution in [0.25, 0.3) is 0 Å². The van der Waals surface area contributed by atoms with Crippen molar-refractivity contribution in [1.29, 1.82) is 0 Å². The van der Waals surface area contributed by atoms with E-state index in [0.717, 1.165) is 31.7 Å². The van der Waals surface area contributed by atoms with E-state index in [-0.39, 0.29) is 30.6 Å². The maximum Gasteiger partial charge on any atom is 0.292 e. The van der Waals surface area contributed by atoms with Gasteiger partial charge < -0.3 is 10.0 Å². The molecule has 2 rings (SSSR count). The number of hydrogen-bond donors (Lipinski definition) is 1. The molecule has 1 aliphatic carbocycles. The van der Waals surface area contributed by atoms with Crippen LogP contribution in [-0.2, 0) is 0 Å². The SMILES string of the molecule is O=[N+]([O-])c1ccc(F)cc1N(CCO)C1CCCC1. The fraction of sp³-hybridized carbons (Fsp3) is 0.538. The highest BCUT2D eigenvalue weighted by Crippen LogP contribution is 2.34. The van der Waals surface area contributed by atoms with E-state index in [4.69, 9.17) is 5.11 Å². The van der Waals surface area contributed by atoms with Crippen molar-refractivity contribution in [3.05, 3.63) is 34.1 Å². The second-order valence-electron chi connectivity index (χ2n) is 4.75. The number of nitrogens with zero attached hydrogens (tertiary/aromatic N) is 2. The lowest BCUT2D eigenvalue weighted by Crippen LogP contribution is -2.36. The van der Waals surface area contributed by atoms with Gasteiger partial charge in [-0.1, -0.05) is 12.8 Å². The van der Waals surface area contributed by atoms with Crippen LogP contribution in [-0.4, -0.2) is 29.2 Å².